The minimum atomic E-state index is -0.364. The Morgan fingerprint density at radius 1 is 1.30 bits per heavy atom. The van der Waals surface area contributed by atoms with E-state index in [-0.39, 0.29) is 11.9 Å². The number of nitrogens with zero attached hydrogens (tertiary/aromatic N) is 2. The Hall–Kier alpha value is -2.28. The number of nitrogens with one attached hydrogen (secondary N) is 1. The Kier molecular flexibility index (Phi) is 4.78. The van der Waals surface area contributed by atoms with Gasteiger partial charge in [-0.3, -0.25) is 4.79 Å². The second-order valence-corrected chi connectivity index (χ2v) is 4.73. The van der Waals surface area contributed by atoms with Crippen LogP contribution in [0.1, 0.15) is 33.4 Å². The summed E-state index contributed by atoms with van der Waals surface area (Å²) in [5.41, 5.74) is 1.05. The van der Waals surface area contributed by atoms with Crippen LogP contribution in [0.5, 0.6) is 0 Å². The van der Waals surface area contributed by atoms with Crippen LogP contribution in [0.25, 0.3) is 0 Å². The van der Waals surface area contributed by atoms with Crippen molar-refractivity contribution in [3.8, 4) is 0 Å². The van der Waals surface area contributed by atoms with Gasteiger partial charge >= 0.3 is 5.97 Å². The van der Waals surface area contributed by atoms with Crippen molar-refractivity contribution in [1.29, 1.82) is 0 Å². The van der Waals surface area contributed by atoms with Crippen LogP contribution in [-0.2, 0) is 4.74 Å². The summed E-state index contributed by atoms with van der Waals surface area (Å²) in [5.74, 6) is -0.641. The molecule has 20 heavy (non-hydrogen) atoms. The van der Waals surface area contributed by atoms with E-state index in [0.29, 0.717) is 22.7 Å². The molecule has 0 saturated carbocycles. The molecule has 7 heteroatoms. The molecule has 6 nitrogen and oxygen atoms in total. The zero-order valence-electron chi connectivity index (χ0n) is 10.8. The Morgan fingerprint density at radius 3 is 2.65 bits per heavy atom. The van der Waals surface area contributed by atoms with Gasteiger partial charge in [-0.2, -0.15) is 0 Å². The van der Waals surface area contributed by atoms with Crippen molar-refractivity contribution in [2.24, 2.45) is 0 Å². The number of carbonyl (C=O) groups is 2. The number of ether oxygens (including phenoxy) is 1. The van der Waals surface area contributed by atoms with Crippen molar-refractivity contribution in [2.75, 3.05) is 11.9 Å². The molecular formula is C13H13N3O3S. The molecule has 104 valence electrons. The summed E-state index contributed by atoms with van der Waals surface area (Å²) >= 11 is 1.02. The predicted octanol–water partition coefficient (Wildman–Crippen LogP) is 2.36. The Bertz CT molecular complexity index is 581. The van der Waals surface area contributed by atoms with Gasteiger partial charge in [-0.1, -0.05) is 11.4 Å². The summed E-state index contributed by atoms with van der Waals surface area (Å²) < 4.78 is 8.64. The van der Waals surface area contributed by atoms with E-state index < -0.39 is 0 Å². The fraction of sp³-hybridized carbons (Fsp3) is 0.231. The molecule has 0 aliphatic rings. The van der Waals surface area contributed by atoms with Crippen LogP contribution in [0.15, 0.2) is 30.5 Å². The summed E-state index contributed by atoms with van der Waals surface area (Å²) in [6.07, 6.45) is 2.18. The maximum Gasteiger partial charge on any atom is 0.338 e. The largest absolute Gasteiger partial charge is 0.462 e. The fourth-order valence-corrected chi connectivity index (χ4v) is 1.84. The number of carbonyl (C=O) groups excluding carboxylic acids is 2. The number of rotatable bonds is 5. The smallest absolute Gasteiger partial charge is 0.338 e. The lowest BCUT2D eigenvalue weighted by atomic mass is 10.2. The van der Waals surface area contributed by atoms with Crippen LogP contribution < -0.4 is 5.32 Å². The molecule has 1 heterocycles. The first-order valence-electron chi connectivity index (χ1n) is 6.06. The van der Waals surface area contributed by atoms with Crippen molar-refractivity contribution >= 4 is 29.1 Å². The number of esters is 1. The molecule has 0 aliphatic heterocycles. The van der Waals surface area contributed by atoms with E-state index in [1.807, 2.05) is 6.92 Å². The molecule has 2 rings (SSSR count). The summed E-state index contributed by atoms with van der Waals surface area (Å²) in [6.45, 7) is 2.33. The third kappa shape index (κ3) is 3.61. The average molecular weight is 291 g/mol. The van der Waals surface area contributed by atoms with E-state index in [4.69, 9.17) is 4.74 Å². The number of aromatic nitrogens is 2. The predicted molar refractivity (Wildman–Crippen MR) is 74.9 cm³/mol. The number of hydrogen-bond donors (Lipinski definition) is 1. The first kappa shape index (κ1) is 14.1. The average Bonchev–Trinajstić information content (AvgIpc) is 3.00. The van der Waals surface area contributed by atoms with Gasteiger partial charge in [-0.25, -0.2) is 4.79 Å². The van der Waals surface area contributed by atoms with Crippen LogP contribution in [-0.4, -0.2) is 28.1 Å². The van der Waals surface area contributed by atoms with E-state index in [2.05, 4.69) is 14.9 Å². The molecule has 0 spiro atoms. The molecule has 0 unspecified atom stereocenters. The summed E-state index contributed by atoms with van der Waals surface area (Å²) in [7, 11) is 0. The highest BCUT2D eigenvalue weighted by atomic mass is 32.1. The normalized spacial score (nSPS) is 10.1. The second kappa shape index (κ2) is 6.76. The Morgan fingerprint density at radius 2 is 2.05 bits per heavy atom. The van der Waals surface area contributed by atoms with Gasteiger partial charge in [0.25, 0.3) is 5.91 Å². The quantitative estimate of drug-likeness (QED) is 0.855. The molecule has 1 N–H and O–H groups in total. The standard InChI is InChI=1S/C13H13N3O3S/c1-2-7-19-13(18)9-3-5-10(6-4-9)15-12(17)11-8-14-16-20-11/h3-6,8H,2,7H2,1H3,(H,15,17). The highest BCUT2D eigenvalue weighted by molar-refractivity contribution is 7.07. The van der Waals surface area contributed by atoms with Crippen LogP contribution in [0.2, 0.25) is 0 Å². The van der Waals surface area contributed by atoms with Crippen molar-refractivity contribution in [3.63, 3.8) is 0 Å². The number of amides is 1. The van der Waals surface area contributed by atoms with Crippen LogP contribution in [0.4, 0.5) is 5.69 Å². The van der Waals surface area contributed by atoms with Crippen LogP contribution in [0.3, 0.4) is 0 Å². The summed E-state index contributed by atoms with van der Waals surface area (Å²) in [6, 6.07) is 6.51. The SMILES string of the molecule is CCCOC(=O)c1ccc(NC(=O)c2cnns2)cc1. The van der Waals surface area contributed by atoms with E-state index in [1.54, 1.807) is 24.3 Å². The minimum absolute atomic E-state index is 0.277. The van der Waals surface area contributed by atoms with Crippen LogP contribution in [0, 0.1) is 0 Å². The minimum Gasteiger partial charge on any atom is -0.462 e. The van der Waals surface area contributed by atoms with Gasteiger partial charge in [0.15, 0.2) is 0 Å². The molecule has 1 aromatic heterocycles. The van der Waals surface area contributed by atoms with Gasteiger partial charge in [0.2, 0.25) is 0 Å². The molecule has 0 fully saturated rings. The second-order valence-electron chi connectivity index (χ2n) is 3.95. The third-order valence-corrected chi connectivity index (χ3v) is 3.06. The lowest BCUT2D eigenvalue weighted by Crippen LogP contribution is -2.10. The molecule has 1 aromatic carbocycles. The molecule has 0 radical (unpaired) electrons. The molecule has 0 bridgehead atoms. The zero-order valence-corrected chi connectivity index (χ0v) is 11.6. The van der Waals surface area contributed by atoms with Gasteiger partial charge in [0, 0.05) is 5.69 Å². The molecule has 0 aliphatic carbocycles. The van der Waals surface area contributed by atoms with Gasteiger partial charge in [0.1, 0.15) is 4.88 Å². The van der Waals surface area contributed by atoms with Crippen molar-refractivity contribution in [2.45, 2.75) is 13.3 Å². The van der Waals surface area contributed by atoms with E-state index in [0.717, 1.165) is 18.0 Å². The fourth-order valence-electron chi connectivity index (χ4n) is 1.43. The molecular weight excluding hydrogens is 278 g/mol. The number of benzene rings is 1. The third-order valence-electron chi connectivity index (χ3n) is 2.40. The molecule has 1 amide bonds. The molecule has 2 aromatic rings. The van der Waals surface area contributed by atoms with Gasteiger partial charge in [0.05, 0.1) is 18.4 Å². The van der Waals surface area contributed by atoms with Crippen molar-refractivity contribution < 1.29 is 14.3 Å². The zero-order chi connectivity index (χ0) is 14.4. The van der Waals surface area contributed by atoms with Gasteiger partial charge in [-0.05, 0) is 42.2 Å². The first-order chi connectivity index (χ1) is 9.70. The maximum absolute atomic E-state index is 11.8. The van der Waals surface area contributed by atoms with E-state index in [1.165, 1.54) is 6.20 Å². The maximum atomic E-state index is 11.8. The van der Waals surface area contributed by atoms with Crippen molar-refractivity contribution in [1.82, 2.24) is 9.59 Å². The summed E-state index contributed by atoms with van der Waals surface area (Å²) in [4.78, 5) is 23.8. The summed E-state index contributed by atoms with van der Waals surface area (Å²) in [5, 5.41) is 6.29. The van der Waals surface area contributed by atoms with Crippen LogP contribution >= 0.6 is 11.5 Å². The van der Waals surface area contributed by atoms with E-state index in [9.17, 15) is 9.59 Å². The van der Waals surface area contributed by atoms with Gasteiger partial charge < -0.3 is 10.1 Å². The van der Waals surface area contributed by atoms with Gasteiger partial charge in [-0.15, -0.1) is 5.10 Å². The van der Waals surface area contributed by atoms with E-state index >= 15 is 0 Å². The topological polar surface area (TPSA) is 81.2 Å². The number of anilines is 1. The Labute approximate surface area is 119 Å². The Balaban J connectivity index is 1.98. The van der Waals surface area contributed by atoms with Crippen molar-refractivity contribution in [3.05, 3.63) is 40.9 Å². The lowest BCUT2D eigenvalue weighted by molar-refractivity contribution is 0.0505. The highest BCUT2D eigenvalue weighted by Gasteiger charge is 2.10. The first-order valence-corrected chi connectivity index (χ1v) is 6.84. The highest BCUT2D eigenvalue weighted by Crippen LogP contribution is 2.13. The number of hydrogen-bond acceptors (Lipinski definition) is 6. The lowest BCUT2D eigenvalue weighted by Gasteiger charge is -2.05. The molecule has 0 atom stereocenters. The molecule has 0 saturated heterocycles. The monoisotopic (exact) mass is 291 g/mol.